The van der Waals surface area contributed by atoms with E-state index >= 15 is 0 Å². The number of phosphoric ester groups is 1. The predicted molar refractivity (Wildman–Crippen MR) is 109 cm³/mol. The highest BCUT2D eigenvalue weighted by molar-refractivity contribution is 7.60. The molecule has 0 aromatic heterocycles. The minimum Gasteiger partial charge on any atom is -0.372 e. The van der Waals surface area contributed by atoms with Crippen molar-refractivity contribution in [3.63, 3.8) is 0 Å². The second-order valence-electron chi connectivity index (χ2n) is 6.27. The third kappa shape index (κ3) is 8.83. The van der Waals surface area contributed by atoms with E-state index in [1.165, 1.54) is 6.08 Å². The molecule has 1 unspecified atom stereocenters. The summed E-state index contributed by atoms with van der Waals surface area (Å²) in [7, 11) is -9.99. The second-order valence-corrected chi connectivity index (χ2v) is 9.10. The molecule has 9 nitrogen and oxygen atoms in total. The van der Waals surface area contributed by atoms with Crippen LogP contribution in [-0.2, 0) is 29.3 Å². The Morgan fingerprint density at radius 2 is 1.57 bits per heavy atom. The Labute approximate surface area is 173 Å². The number of rotatable bonds is 11. The van der Waals surface area contributed by atoms with Crippen LogP contribution in [0.1, 0.15) is 28.4 Å². The van der Waals surface area contributed by atoms with Gasteiger partial charge < -0.3 is 19.4 Å². The number of carbonyl (C=O) groups is 1. The Kier molecular flexibility index (Phi) is 8.85. The van der Waals surface area contributed by atoms with Gasteiger partial charge in [0, 0.05) is 11.1 Å². The van der Waals surface area contributed by atoms with E-state index in [1.807, 2.05) is 6.07 Å². The number of hydrogen-bond donors (Lipinski definition) is 3. The molecule has 0 aliphatic heterocycles. The molecule has 0 radical (unpaired) electrons. The molecule has 2 aromatic carbocycles. The first-order valence-electron chi connectivity index (χ1n) is 8.72. The Morgan fingerprint density at radius 1 is 0.967 bits per heavy atom. The highest BCUT2D eigenvalue weighted by atomic mass is 32.3. The zero-order valence-corrected chi connectivity index (χ0v) is 17.9. The van der Waals surface area contributed by atoms with E-state index in [1.54, 1.807) is 55.5 Å². The molecule has 2 rings (SSSR count). The van der Waals surface area contributed by atoms with Crippen LogP contribution in [0.2, 0.25) is 0 Å². The van der Waals surface area contributed by atoms with Gasteiger partial charge in [-0.05, 0) is 18.1 Å². The molecule has 0 aliphatic rings. The van der Waals surface area contributed by atoms with Gasteiger partial charge in [0.15, 0.2) is 5.78 Å². The first-order valence-corrected chi connectivity index (χ1v) is 11.7. The van der Waals surface area contributed by atoms with Gasteiger partial charge in [-0.3, -0.25) is 9.32 Å². The SMILES string of the molecule is C/C(=C\CO[32P](=O)(O)O[32P](=O)(O)O)COCc1ccc(C(=O)c2ccccc2)cc1. The Balaban J connectivity index is 1.78. The second kappa shape index (κ2) is 10.9. The third-order valence-electron chi connectivity index (χ3n) is 3.73. The quantitative estimate of drug-likeness (QED) is 0.262. The maximum atomic E-state index is 12.4. The molecule has 0 spiro atoms. The van der Waals surface area contributed by atoms with Crippen molar-refractivity contribution in [1.29, 1.82) is 0 Å². The van der Waals surface area contributed by atoms with Crippen LogP contribution in [0.5, 0.6) is 0 Å². The lowest BCUT2D eigenvalue weighted by atomic mass is 10.0. The van der Waals surface area contributed by atoms with Gasteiger partial charge in [0.1, 0.15) is 0 Å². The van der Waals surface area contributed by atoms with Crippen molar-refractivity contribution in [3.8, 4) is 0 Å². The van der Waals surface area contributed by atoms with Crippen LogP contribution in [0.15, 0.2) is 66.2 Å². The Bertz CT molecular complexity index is 965. The topological polar surface area (TPSA) is 140 Å². The number of ether oxygens (including phenoxy) is 1. The summed E-state index contributed by atoms with van der Waals surface area (Å²) in [5.41, 5.74) is 2.72. The fraction of sp³-hybridized carbons (Fsp3) is 0.211. The monoisotopic (exact) mass is 458 g/mol. The first kappa shape index (κ1) is 24.3. The number of ketones is 1. The molecule has 0 bridgehead atoms. The molecule has 2 aromatic rings. The lowest BCUT2D eigenvalue weighted by molar-refractivity contribution is 0.103. The average Bonchev–Trinajstić information content (AvgIpc) is 2.66. The third-order valence-corrected chi connectivity index (χ3v) is 5.88. The zero-order valence-electron chi connectivity index (χ0n) is 16.1. The molecule has 11 heteroatoms. The average molecular weight is 458 g/mol. The highest BCUT2D eigenvalue weighted by Crippen LogP contribution is 2.57. The smallest absolute Gasteiger partial charge is 0.372 e. The molecule has 162 valence electrons. The van der Waals surface area contributed by atoms with Gasteiger partial charge in [-0.15, -0.1) is 0 Å². The molecule has 0 fully saturated rings. The molecule has 30 heavy (non-hydrogen) atoms. The van der Waals surface area contributed by atoms with E-state index in [-0.39, 0.29) is 25.6 Å². The van der Waals surface area contributed by atoms with Gasteiger partial charge in [-0.1, -0.05) is 60.7 Å². The lowest BCUT2D eigenvalue weighted by Gasteiger charge is -2.11. The van der Waals surface area contributed by atoms with Crippen molar-refractivity contribution in [2.24, 2.45) is 0 Å². The predicted octanol–water partition coefficient (Wildman–Crippen LogP) is 3.61. The summed E-state index contributed by atoms with van der Waals surface area (Å²) in [6, 6.07) is 16.0. The van der Waals surface area contributed by atoms with E-state index in [0.29, 0.717) is 16.7 Å². The van der Waals surface area contributed by atoms with Crippen LogP contribution >= 0.6 is 15.6 Å². The zero-order chi connectivity index (χ0) is 22.2. The van der Waals surface area contributed by atoms with Gasteiger partial charge in [0.05, 0.1) is 19.8 Å². The molecule has 0 saturated heterocycles. The summed E-state index contributed by atoms with van der Waals surface area (Å²) in [6.07, 6.45) is 1.42. The fourth-order valence-corrected chi connectivity index (χ4v) is 3.86. The van der Waals surface area contributed by atoms with E-state index in [2.05, 4.69) is 8.83 Å². The largest absolute Gasteiger partial charge is 0.481 e. The van der Waals surface area contributed by atoms with Crippen molar-refractivity contribution in [1.82, 2.24) is 0 Å². The van der Waals surface area contributed by atoms with Crippen molar-refractivity contribution in [2.45, 2.75) is 13.5 Å². The van der Waals surface area contributed by atoms with Crippen LogP contribution in [0.3, 0.4) is 0 Å². The molecule has 0 aliphatic carbocycles. The molecular weight excluding hydrogens is 436 g/mol. The Hall–Kier alpha value is -1.93. The molecule has 1 atom stereocenters. The number of hydrogen-bond acceptors (Lipinski definition) is 6. The summed E-state index contributed by atoms with van der Waals surface area (Å²) < 4.78 is 35.5. The van der Waals surface area contributed by atoms with Gasteiger partial charge >= 0.3 is 15.6 Å². The number of phosphoric acid groups is 2. The minimum absolute atomic E-state index is 0.0641. The number of benzene rings is 2. The van der Waals surface area contributed by atoms with E-state index < -0.39 is 15.6 Å². The van der Waals surface area contributed by atoms with Crippen molar-refractivity contribution < 1.29 is 42.2 Å². The van der Waals surface area contributed by atoms with E-state index in [0.717, 1.165) is 5.56 Å². The van der Waals surface area contributed by atoms with Crippen LogP contribution in [0.25, 0.3) is 0 Å². The van der Waals surface area contributed by atoms with Gasteiger partial charge in [-0.25, -0.2) is 9.13 Å². The molecule has 3 N–H and O–H groups in total. The van der Waals surface area contributed by atoms with Crippen molar-refractivity contribution >= 4 is 21.4 Å². The fourth-order valence-electron chi connectivity index (χ4n) is 2.33. The van der Waals surface area contributed by atoms with Gasteiger partial charge in [-0.2, -0.15) is 4.31 Å². The maximum Gasteiger partial charge on any atom is 0.481 e. The summed E-state index contributed by atoms with van der Waals surface area (Å²) in [6.45, 7) is 1.78. The van der Waals surface area contributed by atoms with Crippen LogP contribution in [-0.4, -0.2) is 33.7 Å². The minimum atomic E-state index is -5.13. The number of carbonyl (C=O) groups excluding carboxylic acids is 1. The summed E-state index contributed by atoms with van der Waals surface area (Å²) in [4.78, 5) is 38.6. The molecule has 0 heterocycles. The van der Waals surface area contributed by atoms with Gasteiger partial charge in [0.2, 0.25) is 0 Å². The highest BCUT2D eigenvalue weighted by Gasteiger charge is 2.31. The standard InChI is InChI=1S/C19H22O9P2/c1-15(11-12-27-30(24,25)28-29(21,22)23)13-26-14-16-7-9-18(10-8-16)19(20)17-5-3-2-4-6-17/h2-11H,12-14H2,1H3,(H,24,25)(H2,21,22,23)/b15-11+/i29+1,30+1. The maximum absolute atomic E-state index is 12.4. The summed E-state index contributed by atoms with van der Waals surface area (Å²) in [5.74, 6) is -0.0641. The summed E-state index contributed by atoms with van der Waals surface area (Å²) >= 11 is 0. The first-order chi connectivity index (χ1) is 14.1. The molecular formula is C19H22O9P2. The van der Waals surface area contributed by atoms with Crippen LogP contribution in [0, 0.1) is 0 Å². The lowest BCUT2D eigenvalue weighted by Crippen LogP contribution is -2.02. The molecule has 0 saturated carbocycles. The van der Waals surface area contributed by atoms with Gasteiger partial charge in [0.25, 0.3) is 0 Å². The van der Waals surface area contributed by atoms with Crippen molar-refractivity contribution in [3.05, 3.63) is 82.9 Å². The molecule has 0 amide bonds. The normalized spacial score (nSPS) is 14.3. The Morgan fingerprint density at radius 3 is 2.17 bits per heavy atom. The van der Waals surface area contributed by atoms with Crippen LogP contribution in [0.4, 0.5) is 0 Å². The summed E-state index contributed by atoms with van der Waals surface area (Å²) in [5, 5.41) is 0. The van der Waals surface area contributed by atoms with E-state index in [4.69, 9.17) is 19.4 Å². The van der Waals surface area contributed by atoms with Crippen molar-refractivity contribution in [2.75, 3.05) is 13.2 Å². The van der Waals surface area contributed by atoms with E-state index in [9.17, 15) is 13.9 Å². The van der Waals surface area contributed by atoms with Crippen LogP contribution < -0.4 is 0 Å².